The maximum Gasteiger partial charge on any atom is 0.260 e. The fraction of sp³-hybridized carbons (Fsp3) is 0.250. The zero-order chi connectivity index (χ0) is 17.8. The van der Waals surface area contributed by atoms with Crippen LogP contribution in [0.5, 0.6) is 0 Å². The number of fused-ring (bicyclic) bond motifs is 1. The summed E-state index contributed by atoms with van der Waals surface area (Å²) in [5.41, 5.74) is 1.43. The van der Waals surface area contributed by atoms with Crippen LogP contribution in [-0.4, -0.2) is 41.1 Å². The zero-order valence-electron chi connectivity index (χ0n) is 14.0. The first-order valence-corrected chi connectivity index (χ1v) is 9.57. The summed E-state index contributed by atoms with van der Waals surface area (Å²) >= 11 is 1.67. The third-order valence-electron chi connectivity index (χ3n) is 4.31. The molecule has 0 spiro atoms. The lowest BCUT2D eigenvalue weighted by molar-refractivity contribution is -0.129. The van der Waals surface area contributed by atoms with Crippen molar-refractivity contribution in [1.82, 2.24) is 4.90 Å². The van der Waals surface area contributed by atoms with Crippen LogP contribution in [0.3, 0.4) is 0 Å². The number of benzene rings is 2. The zero-order valence-corrected chi connectivity index (χ0v) is 14.8. The molecule has 1 heterocycles. The van der Waals surface area contributed by atoms with E-state index in [1.54, 1.807) is 60.3 Å². The van der Waals surface area contributed by atoms with Gasteiger partial charge in [-0.1, -0.05) is 48.5 Å². The molecule has 0 saturated carbocycles. The lowest BCUT2D eigenvalue weighted by atomic mass is 9.83. The van der Waals surface area contributed by atoms with Crippen LogP contribution in [0.2, 0.25) is 0 Å². The van der Waals surface area contributed by atoms with Crippen molar-refractivity contribution in [2.24, 2.45) is 0 Å². The molecule has 5 heteroatoms. The second kappa shape index (κ2) is 7.66. The first-order valence-electron chi connectivity index (χ1n) is 8.18. The first-order chi connectivity index (χ1) is 12.1. The molecule has 0 bridgehead atoms. The summed E-state index contributed by atoms with van der Waals surface area (Å²) in [5, 5.41) is 0. The van der Waals surface area contributed by atoms with Gasteiger partial charge >= 0.3 is 0 Å². The molecule has 128 valence electrons. The standard InChI is InChI=1S/C20H19NO3S/c1-25-13-7-12-21-19(23)16-11-6-5-10-15(16)17(20(21)24)18(22)14-8-3-2-4-9-14/h2-6,8-11,17H,7,12-13H2,1H3. The van der Waals surface area contributed by atoms with Crippen LogP contribution < -0.4 is 0 Å². The number of ketones is 1. The van der Waals surface area contributed by atoms with Gasteiger partial charge in [0.25, 0.3) is 5.91 Å². The summed E-state index contributed by atoms with van der Waals surface area (Å²) in [6.07, 6.45) is 2.70. The monoisotopic (exact) mass is 353 g/mol. The average molecular weight is 353 g/mol. The molecule has 0 radical (unpaired) electrons. The number of amides is 2. The van der Waals surface area contributed by atoms with E-state index in [-0.39, 0.29) is 11.7 Å². The number of Topliss-reactive ketones (excluding diaryl/α,β-unsaturated/α-hetero) is 1. The van der Waals surface area contributed by atoms with Gasteiger partial charge < -0.3 is 0 Å². The average Bonchev–Trinajstić information content (AvgIpc) is 2.65. The number of carbonyl (C=O) groups excluding carboxylic acids is 3. The van der Waals surface area contributed by atoms with E-state index in [1.807, 2.05) is 12.3 Å². The number of thioether (sulfide) groups is 1. The normalized spacial score (nSPS) is 16.7. The minimum atomic E-state index is -0.953. The quantitative estimate of drug-likeness (QED) is 0.346. The second-order valence-electron chi connectivity index (χ2n) is 5.89. The lowest BCUT2D eigenvalue weighted by Crippen LogP contribution is -2.47. The van der Waals surface area contributed by atoms with Gasteiger partial charge in [0, 0.05) is 17.7 Å². The van der Waals surface area contributed by atoms with Crippen molar-refractivity contribution in [3.63, 3.8) is 0 Å². The Morgan fingerprint density at radius 3 is 2.44 bits per heavy atom. The Balaban J connectivity index is 2.01. The van der Waals surface area contributed by atoms with Gasteiger partial charge in [0.05, 0.1) is 0 Å². The Bertz CT molecular complexity index is 804. The van der Waals surface area contributed by atoms with Gasteiger partial charge in [0.2, 0.25) is 5.91 Å². The van der Waals surface area contributed by atoms with E-state index in [4.69, 9.17) is 0 Å². The molecule has 2 amide bonds. The summed E-state index contributed by atoms with van der Waals surface area (Å²) in [6, 6.07) is 15.7. The molecule has 1 aliphatic heterocycles. The van der Waals surface area contributed by atoms with Crippen LogP contribution in [0.4, 0.5) is 0 Å². The molecular formula is C20H19NO3S. The SMILES string of the molecule is CSCCCN1C(=O)c2ccccc2C(C(=O)c2ccccc2)C1=O. The molecular weight excluding hydrogens is 334 g/mol. The highest BCUT2D eigenvalue weighted by Gasteiger charge is 2.42. The van der Waals surface area contributed by atoms with Gasteiger partial charge in [-0.25, -0.2) is 0 Å². The highest BCUT2D eigenvalue weighted by Crippen LogP contribution is 2.32. The van der Waals surface area contributed by atoms with Gasteiger partial charge in [-0.2, -0.15) is 11.8 Å². The Morgan fingerprint density at radius 2 is 1.72 bits per heavy atom. The number of hydrogen-bond donors (Lipinski definition) is 0. The molecule has 2 aromatic rings. The van der Waals surface area contributed by atoms with E-state index in [0.717, 1.165) is 5.75 Å². The predicted octanol–water partition coefficient (Wildman–Crippen LogP) is 3.39. The van der Waals surface area contributed by atoms with Crippen molar-refractivity contribution in [3.8, 4) is 0 Å². The fourth-order valence-corrected chi connectivity index (χ4v) is 3.50. The first kappa shape index (κ1) is 17.4. The van der Waals surface area contributed by atoms with Gasteiger partial charge in [0.15, 0.2) is 5.78 Å². The Hall–Kier alpha value is -2.40. The minimum Gasteiger partial charge on any atom is -0.293 e. The van der Waals surface area contributed by atoms with Gasteiger partial charge in [-0.15, -0.1) is 0 Å². The van der Waals surface area contributed by atoms with E-state index in [9.17, 15) is 14.4 Å². The molecule has 0 saturated heterocycles. The van der Waals surface area contributed by atoms with Crippen LogP contribution in [-0.2, 0) is 4.79 Å². The molecule has 0 aliphatic carbocycles. The van der Waals surface area contributed by atoms with E-state index in [1.165, 1.54) is 4.90 Å². The molecule has 4 nitrogen and oxygen atoms in total. The Labute approximate surface area is 151 Å². The maximum absolute atomic E-state index is 13.0. The van der Waals surface area contributed by atoms with Crippen LogP contribution in [0.15, 0.2) is 54.6 Å². The number of imide groups is 1. The molecule has 1 atom stereocenters. The highest BCUT2D eigenvalue weighted by atomic mass is 32.2. The molecule has 1 aliphatic rings. The largest absolute Gasteiger partial charge is 0.293 e. The highest BCUT2D eigenvalue weighted by molar-refractivity contribution is 7.98. The summed E-state index contributed by atoms with van der Waals surface area (Å²) in [7, 11) is 0. The van der Waals surface area contributed by atoms with E-state index in [2.05, 4.69) is 0 Å². The van der Waals surface area contributed by atoms with Crippen molar-refractivity contribution in [2.75, 3.05) is 18.6 Å². The van der Waals surface area contributed by atoms with Gasteiger partial charge in [-0.05, 0) is 30.1 Å². The van der Waals surface area contributed by atoms with Crippen molar-refractivity contribution in [2.45, 2.75) is 12.3 Å². The molecule has 0 N–H and O–H groups in total. The van der Waals surface area contributed by atoms with Crippen LogP contribution in [0.25, 0.3) is 0 Å². The number of hydrogen-bond acceptors (Lipinski definition) is 4. The smallest absolute Gasteiger partial charge is 0.260 e. The third kappa shape index (κ3) is 3.37. The van der Waals surface area contributed by atoms with Crippen molar-refractivity contribution >= 4 is 29.4 Å². The summed E-state index contributed by atoms with van der Waals surface area (Å²) in [5.74, 6) is -1.08. The van der Waals surface area contributed by atoms with E-state index in [0.29, 0.717) is 29.7 Å². The summed E-state index contributed by atoms with van der Waals surface area (Å²) < 4.78 is 0. The van der Waals surface area contributed by atoms with Crippen LogP contribution >= 0.6 is 11.8 Å². The maximum atomic E-state index is 13.0. The summed E-state index contributed by atoms with van der Waals surface area (Å²) in [4.78, 5) is 39.9. The van der Waals surface area contributed by atoms with Crippen molar-refractivity contribution < 1.29 is 14.4 Å². The van der Waals surface area contributed by atoms with E-state index < -0.39 is 11.8 Å². The number of nitrogens with zero attached hydrogens (tertiary/aromatic N) is 1. The predicted molar refractivity (Wildman–Crippen MR) is 99.0 cm³/mol. The molecule has 0 fully saturated rings. The number of rotatable bonds is 6. The minimum absolute atomic E-state index is 0.264. The number of carbonyl (C=O) groups is 3. The van der Waals surface area contributed by atoms with Crippen LogP contribution in [0.1, 0.15) is 38.6 Å². The van der Waals surface area contributed by atoms with Gasteiger partial charge in [-0.3, -0.25) is 19.3 Å². The summed E-state index contributed by atoms with van der Waals surface area (Å²) in [6.45, 7) is 0.339. The second-order valence-corrected chi connectivity index (χ2v) is 6.88. The Kier molecular flexibility index (Phi) is 5.34. The molecule has 0 aromatic heterocycles. The molecule has 25 heavy (non-hydrogen) atoms. The Morgan fingerprint density at radius 1 is 1.04 bits per heavy atom. The lowest BCUT2D eigenvalue weighted by Gasteiger charge is -2.31. The van der Waals surface area contributed by atoms with Crippen LogP contribution in [0, 0.1) is 0 Å². The third-order valence-corrected chi connectivity index (χ3v) is 5.01. The van der Waals surface area contributed by atoms with E-state index >= 15 is 0 Å². The molecule has 3 rings (SSSR count). The molecule has 2 aromatic carbocycles. The van der Waals surface area contributed by atoms with Gasteiger partial charge in [0.1, 0.15) is 5.92 Å². The van der Waals surface area contributed by atoms with Crippen molar-refractivity contribution in [1.29, 1.82) is 0 Å². The topological polar surface area (TPSA) is 54.5 Å². The van der Waals surface area contributed by atoms with Crippen molar-refractivity contribution in [3.05, 3.63) is 71.3 Å². The molecule has 1 unspecified atom stereocenters. The fourth-order valence-electron chi connectivity index (χ4n) is 3.08.